The molecular formula is C22H22BrN3O5. The molecule has 1 N–H and O–H groups in total. The lowest BCUT2D eigenvalue weighted by Crippen LogP contribution is -2.06. The standard InChI is InChI=1S/C22H22BrN3O5/c1-13-9-15(11-18(28-2)20(13)30-4)25-22-24-12-16(23)21(26-22)31-17-8-6-5-7-14(17)10-19(27)29-3/h5-9,11-12H,10H2,1-4H3,(H,24,25,26). The van der Waals surface area contributed by atoms with Gasteiger partial charge in [0.2, 0.25) is 11.8 Å². The monoisotopic (exact) mass is 487 g/mol. The minimum absolute atomic E-state index is 0.0887. The Balaban J connectivity index is 1.87. The lowest BCUT2D eigenvalue weighted by Gasteiger charge is -2.14. The zero-order valence-electron chi connectivity index (χ0n) is 17.6. The molecule has 0 saturated carbocycles. The van der Waals surface area contributed by atoms with Crippen LogP contribution in [-0.2, 0) is 16.0 Å². The van der Waals surface area contributed by atoms with Gasteiger partial charge < -0.3 is 24.3 Å². The number of methoxy groups -OCH3 is 3. The van der Waals surface area contributed by atoms with E-state index in [0.717, 1.165) is 11.3 Å². The van der Waals surface area contributed by atoms with Gasteiger partial charge in [0.15, 0.2) is 11.5 Å². The van der Waals surface area contributed by atoms with Crippen LogP contribution in [0.3, 0.4) is 0 Å². The lowest BCUT2D eigenvalue weighted by atomic mass is 10.1. The van der Waals surface area contributed by atoms with E-state index >= 15 is 0 Å². The van der Waals surface area contributed by atoms with Crippen molar-refractivity contribution in [2.45, 2.75) is 13.3 Å². The third kappa shape index (κ3) is 5.43. The molecule has 0 unspecified atom stereocenters. The quantitative estimate of drug-likeness (QED) is 0.452. The zero-order valence-corrected chi connectivity index (χ0v) is 19.1. The summed E-state index contributed by atoms with van der Waals surface area (Å²) in [7, 11) is 4.52. The molecule has 1 heterocycles. The molecule has 1 aromatic heterocycles. The highest BCUT2D eigenvalue weighted by Crippen LogP contribution is 2.35. The maximum absolute atomic E-state index is 11.7. The minimum Gasteiger partial charge on any atom is -0.493 e. The summed E-state index contributed by atoms with van der Waals surface area (Å²) < 4.78 is 22.1. The Kier molecular flexibility index (Phi) is 7.30. The SMILES string of the molecule is COC(=O)Cc1ccccc1Oc1nc(Nc2cc(C)c(OC)c(OC)c2)ncc1Br. The van der Waals surface area contributed by atoms with E-state index in [1.807, 2.05) is 25.1 Å². The van der Waals surface area contributed by atoms with Crippen LogP contribution in [0.15, 0.2) is 47.1 Å². The van der Waals surface area contributed by atoms with Gasteiger partial charge in [-0.25, -0.2) is 4.98 Å². The molecule has 3 rings (SSSR count). The summed E-state index contributed by atoms with van der Waals surface area (Å²) in [6.45, 7) is 1.92. The Bertz CT molecular complexity index is 1090. The van der Waals surface area contributed by atoms with Gasteiger partial charge in [-0.3, -0.25) is 4.79 Å². The van der Waals surface area contributed by atoms with E-state index in [0.29, 0.717) is 39.1 Å². The van der Waals surface area contributed by atoms with E-state index in [2.05, 4.69) is 31.2 Å². The molecule has 0 radical (unpaired) electrons. The number of benzene rings is 2. The van der Waals surface area contributed by atoms with E-state index in [-0.39, 0.29) is 12.4 Å². The van der Waals surface area contributed by atoms with Crippen LogP contribution in [0, 0.1) is 6.92 Å². The van der Waals surface area contributed by atoms with E-state index in [4.69, 9.17) is 18.9 Å². The summed E-state index contributed by atoms with van der Waals surface area (Å²) in [6.07, 6.45) is 1.67. The molecule has 9 heteroatoms. The molecule has 0 aliphatic rings. The second-order valence-electron chi connectivity index (χ2n) is 6.46. The van der Waals surface area contributed by atoms with Gasteiger partial charge in [0.1, 0.15) is 5.75 Å². The van der Waals surface area contributed by atoms with E-state index < -0.39 is 0 Å². The maximum Gasteiger partial charge on any atom is 0.310 e. The van der Waals surface area contributed by atoms with Crippen molar-refractivity contribution in [3.8, 4) is 23.1 Å². The number of aromatic nitrogens is 2. The number of para-hydroxylation sites is 1. The molecule has 31 heavy (non-hydrogen) atoms. The molecule has 0 amide bonds. The number of hydrogen-bond donors (Lipinski definition) is 1. The van der Waals surface area contributed by atoms with Crippen LogP contribution >= 0.6 is 15.9 Å². The summed E-state index contributed by atoms with van der Waals surface area (Å²) in [5.41, 5.74) is 2.31. The van der Waals surface area contributed by atoms with Crippen molar-refractivity contribution in [2.75, 3.05) is 26.6 Å². The van der Waals surface area contributed by atoms with Crippen molar-refractivity contribution in [3.63, 3.8) is 0 Å². The van der Waals surface area contributed by atoms with Gasteiger partial charge in [-0.1, -0.05) is 18.2 Å². The summed E-state index contributed by atoms with van der Waals surface area (Å²) in [5, 5.41) is 3.15. The number of esters is 1. The van der Waals surface area contributed by atoms with Gasteiger partial charge in [0.05, 0.1) is 38.4 Å². The molecule has 0 saturated heterocycles. The molecule has 0 atom stereocenters. The summed E-state index contributed by atoms with van der Waals surface area (Å²) in [4.78, 5) is 20.4. The molecule has 3 aromatic rings. The van der Waals surface area contributed by atoms with Crippen molar-refractivity contribution in [2.24, 2.45) is 0 Å². The number of nitrogens with zero attached hydrogens (tertiary/aromatic N) is 2. The van der Waals surface area contributed by atoms with Gasteiger partial charge in [0, 0.05) is 17.3 Å². The first-order valence-electron chi connectivity index (χ1n) is 9.30. The van der Waals surface area contributed by atoms with Crippen LogP contribution < -0.4 is 19.5 Å². The summed E-state index contributed by atoms with van der Waals surface area (Å²) >= 11 is 3.41. The van der Waals surface area contributed by atoms with Gasteiger partial charge in [-0.05, 0) is 40.5 Å². The number of carbonyl (C=O) groups excluding carboxylic acids is 1. The predicted molar refractivity (Wildman–Crippen MR) is 120 cm³/mol. The maximum atomic E-state index is 11.7. The second-order valence-corrected chi connectivity index (χ2v) is 7.32. The van der Waals surface area contributed by atoms with Crippen molar-refractivity contribution in [1.29, 1.82) is 0 Å². The smallest absolute Gasteiger partial charge is 0.310 e. The first kappa shape index (κ1) is 22.4. The Morgan fingerprint density at radius 1 is 1.10 bits per heavy atom. The van der Waals surface area contributed by atoms with Crippen molar-refractivity contribution < 1.29 is 23.7 Å². The Labute approximate surface area is 188 Å². The number of halogens is 1. The normalized spacial score (nSPS) is 10.4. The fourth-order valence-electron chi connectivity index (χ4n) is 2.92. The van der Waals surface area contributed by atoms with Crippen molar-refractivity contribution in [1.82, 2.24) is 9.97 Å². The lowest BCUT2D eigenvalue weighted by molar-refractivity contribution is -0.139. The predicted octanol–water partition coefficient (Wildman–Crippen LogP) is 4.82. The summed E-state index contributed by atoms with van der Waals surface area (Å²) in [6, 6.07) is 10.9. The largest absolute Gasteiger partial charge is 0.493 e. The molecule has 0 spiro atoms. The molecule has 2 aromatic carbocycles. The number of rotatable bonds is 8. The van der Waals surface area contributed by atoms with Crippen molar-refractivity contribution >= 4 is 33.5 Å². The van der Waals surface area contributed by atoms with E-state index in [1.165, 1.54) is 7.11 Å². The highest BCUT2D eigenvalue weighted by Gasteiger charge is 2.14. The fraction of sp³-hybridized carbons (Fsp3) is 0.227. The van der Waals surface area contributed by atoms with Crippen LogP contribution in [0.2, 0.25) is 0 Å². The fourth-order valence-corrected chi connectivity index (χ4v) is 3.19. The molecule has 162 valence electrons. The zero-order chi connectivity index (χ0) is 22.4. The minimum atomic E-state index is -0.357. The number of anilines is 2. The van der Waals surface area contributed by atoms with Crippen molar-refractivity contribution in [3.05, 3.63) is 58.2 Å². The van der Waals surface area contributed by atoms with Gasteiger partial charge >= 0.3 is 5.97 Å². The van der Waals surface area contributed by atoms with Crippen LogP contribution in [0.5, 0.6) is 23.1 Å². The number of carbonyl (C=O) groups is 1. The van der Waals surface area contributed by atoms with Gasteiger partial charge in [-0.15, -0.1) is 0 Å². The number of aryl methyl sites for hydroxylation is 1. The first-order valence-corrected chi connectivity index (χ1v) is 10.1. The molecule has 0 aliphatic carbocycles. The van der Waals surface area contributed by atoms with Crippen LogP contribution in [0.4, 0.5) is 11.6 Å². The van der Waals surface area contributed by atoms with Crippen LogP contribution in [0.25, 0.3) is 0 Å². The highest BCUT2D eigenvalue weighted by atomic mass is 79.9. The molecule has 0 bridgehead atoms. The third-order valence-corrected chi connectivity index (χ3v) is 4.92. The first-order chi connectivity index (χ1) is 14.9. The number of ether oxygens (including phenoxy) is 4. The molecule has 8 nitrogen and oxygen atoms in total. The van der Waals surface area contributed by atoms with Crippen LogP contribution in [-0.4, -0.2) is 37.3 Å². The average molecular weight is 488 g/mol. The second kappa shape index (κ2) is 10.1. The molecule has 0 fully saturated rings. The Morgan fingerprint density at radius 3 is 2.58 bits per heavy atom. The van der Waals surface area contributed by atoms with E-state index in [9.17, 15) is 4.79 Å². The summed E-state index contributed by atoms with van der Waals surface area (Å²) in [5.74, 6) is 2.03. The topological polar surface area (TPSA) is 91.8 Å². The Morgan fingerprint density at radius 2 is 1.87 bits per heavy atom. The average Bonchev–Trinajstić information content (AvgIpc) is 2.76. The van der Waals surface area contributed by atoms with Gasteiger partial charge in [0.25, 0.3) is 0 Å². The number of hydrogen-bond acceptors (Lipinski definition) is 8. The number of nitrogens with one attached hydrogen (secondary N) is 1. The van der Waals surface area contributed by atoms with E-state index in [1.54, 1.807) is 38.6 Å². The third-order valence-electron chi connectivity index (χ3n) is 4.37. The highest BCUT2D eigenvalue weighted by molar-refractivity contribution is 9.10. The Hall–Kier alpha value is -3.33. The van der Waals surface area contributed by atoms with Gasteiger partial charge in [-0.2, -0.15) is 4.98 Å². The van der Waals surface area contributed by atoms with Crippen LogP contribution in [0.1, 0.15) is 11.1 Å². The molecule has 0 aliphatic heterocycles. The molecular weight excluding hydrogens is 466 g/mol.